The summed E-state index contributed by atoms with van der Waals surface area (Å²) in [5.41, 5.74) is 1.88. The number of esters is 1. The predicted molar refractivity (Wildman–Crippen MR) is 83.2 cm³/mol. The summed E-state index contributed by atoms with van der Waals surface area (Å²) in [6.45, 7) is 7.69. The highest BCUT2D eigenvalue weighted by atomic mass is 16.5. The van der Waals surface area contributed by atoms with Crippen LogP contribution in [0.15, 0.2) is 54.6 Å². The van der Waals surface area contributed by atoms with Crippen molar-refractivity contribution in [3.63, 3.8) is 0 Å². The molecule has 112 valence electrons. The molecule has 0 fully saturated rings. The molecule has 1 atom stereocenters. The zero-order valence-corrected chi connectivity index (χ0v) is 12.4. The summed E-state index contributed by atoms with van der Waals surface area (Å²) >= 11 is 0. The van der Waals surface area contributed by atoms with E-state index < -0.39 is 6.04 Å². The van der Waals surface area contributed by atoms with Crippen LogP contribution in [0.5, 0.6) is 5.75 Å². The number of carbonyl (C=O) groups is 1. The molecule has 0 aliphatic heterocycles. The molecule has 4 nitrogen and oxygen atoms in total. The van der Waals surface area contributed by atoms with Crippen molar-refractivity contribution in [2.75, 3.05) is 7.11 Å². The summed E-state index contributed by atoms with van der Waals surface area (Å²) in [6, 6.07) is 16.6. The van der Waals surface area contributed by atoms with E-state index >= 15 is 0 Å². The molecule has 0 saturated carbocycles. The van der Waals surface area contributed by atoms with Gasteiger partial charge in [-0.3, -0.25) is 4.79 Å². The normalized spacial score (nSPS) is 11.3. The number of nitrogens with zero attached hydrogens (tertiary/aromatic N) is 1. The average molecular weight is 295 g/mol. The molecule has 0 N–H and O–H groups in total. The third kappa shape index (κ3) is 4.35. The molecule has 22 heavy (non-hydrogen) atoms. The van der Waals surface area contributed by atoms with Crippen LogP contribution in [0.25, 0.3) is 4.85 Å². The van der Waals surface area contributed by atoms with Crippen molar-refractivity contribution < 1.29 is 14.3 Å². The van der Waals surface area contributed by atoms with Crippen LogP contribution >= 0.6 is 0 Å². The summed E-state index contributed by atoms with van der Waals surface area (Å²) in [6.07, 6.45) is 0.0597. The van der Waals surface area contributed by atoms with Gasteiger partial charge in [0.15, 0.2) is 0 Å². The van der Waals surface area contributed by atoms with E-state index in [2.05, 4.69) is 9.58 Å². The van der Waals surface area contributed by atoms with E-state index in [1.54, 1.807) is 0 Å². The quantitative estimate of drug-likeness (QED) is 0.601. The first-order valence-electron chi connectivity index (χ1n) is 6.93. The highest BCUT2D eigenvalue weighted by Crippen LogP contribution is 2.24. The van der Waals surface area contributed by atoms with Crippen molar-refractivity contribution in [3.8, 4) is 5.75 Å². The molecule has 0 amide bonds. The summed E-state index contributed by atoms with van der Waals surface area (Å²) in [5.74, 6) is 0.347. The van der Waals surface area contributed by atoms with Gasteiger partial charge in [0.1, 0.15) is 18.8 Å². The minimum Gasteiger partial charge on any atom is -0.489 e. The first kappa shape index (κ1) is 15.6. The summed E-state index contributed by atoms with van der Waals surface area (Å²) in [5, 5.41) is 0. The SMILES string of the molecule is [C-]#[N+][C@H](CC(=O)OC)c1ccc(OCc2ccccc2)cc1. The fourth-order valence-electron chi connectivity index (χ4n) is 2.01. The molecule has 0 unspecified atom stereocenters. The number of carbonyl (C=O) groups excluding carboxylic acids is 1. The lowest BCUT2D eigenvalue weighted by Crippen LogP contribution is -2.06. The first-order chi connectivity index (χ1) is 10.7. The van der Waals surface area contributed by atoms with Gasteiger partial charge in [-0.25, -0.2) is 6.57 Å². The molecule has 2 aromatic carbocycles. The number of rotatable bonds is 6. The second-order valence-corrected chi connectivity index (χ2v) is 4.77. The van der Waals surface area contributed by atoms with Crippen LogP contribution in [0.2, 0.25) is 0 Å². The maximum atomic E-state index is 11.3. The first-order valence-corrected chi connectivity index (χ1v) is 6.93. The second kappa shape index (κ2) is 7.84. The number of hydrogen-bond acceptors (Lipinski definition) is 3. The Kier molecular flexibility index (Phi) is 5.56. The standard InChI is InChI=1S/C18H17NO3/c1-19-17(12-18(20)21-2)15-8-10-16(11-9-15)22-13-14-6-4-3-5-7-14/h3-11,17H,12-13H2,2H3/t17-/m1/s1. The maximum Gasteiger partial charge on any atom is 0.313 e. The van der Waals surface area contributed by atoms with Gasteiger partial charge in [-0.15, -0.1) is 0 Å². The summed E-state index contributed by atoms with van der Waals surface area (Å²) in [4.78, 5) is 14.8. The molecule has 0 aliphatic rings. The lowest BCUT2D eigenvalue weighted by atomic mass is 10.0. The second-order valence-electron chi connectivity index (χ2n) is 4.77. The Hall–Kier alpha value is -2.80. The Morgan fingerprint density at radius 3 is 2.41 bits per heavy atom. The number of methoxy groups -OCH3 is 1. The van der Waals surface area contributed by atoms with Crippen LogP contribution in [0.4, 0.5) is 0 Å². The highest BCUT2D eigenvalue weighted by molar-refractivity contribution is 5.70. The average Bonchev–Trinajstić information content (AvgIpc) is 2.59. The minimum atomic E-state index is -0.518. The van der Waals surface area contributed by atoms with Gasteiger partial charge in [-0.05, 0) is 29.8 Å². The van der Waals surface area contributed by atoms with Crippen LogP contribution in [0.1, 0.15) is 23.6 Å². The molecule has 0 aromatic heterocycles. The maximum absolute atomic E-state index is 11.3. The monoisotopic (exact) mass is 295 g/mol. The van der Waals surface area contributed by atoms with Gasteiger partial charge in [0.2, 0.25) is 0 Å². The van der Waals surface area contributed by atoms with E-state index in [0.29, 0.717) is 6.61 Å². The molecule has 4 heteroatoms. The third-order valence-corrected chi connectivity index (χ3v) is 3.26. The number of ether oxygens (including phenoxy) is 2. The van der Waals surface area contributed by atoms with E-state index in [1.807, 2.05) is 54.6 Å². The largest absolute Gasteiger partial charge is 0.489 e. The van der Waals surface area contributed by atoms with E-state index in [-0.39, 0.29) is 12.4 Å². The molecule has 0 radical (unpaired) electrons. The Bertz CT molecular complexity index is 644. The smallest absolute Gasteiger partial charge is 0.313 e. The number of benzene rings is 2. The Morgan fingerprint density at radius 2 is 1.82 bits per heavy atom. The van der Waals surface area contributed by atoms with Crippen LogP contribution in [0.3, 0.4) is 0 Å². The highest BCUT2D eigenvalue weighted by Gasteiger charge is 2.20. The lowest BCUT2D eigenvalue weighted by molar-refractivity contribution is -0.140. The van der Waals surface area contributed by atoms with E-state index in [4.69, 9.17) is 11.3 Å². The number of hydrogen-bond donors (Lipinski definition) is 0. The molecule has 2 rings (SSSR count). The van der Waals surface area contributed by atoms with E-state index in [1.165, 1.54) is 7.11 Å². The van der Waals surface area contributed by atoms with Crippen LogP contribution in [0, 0.1) is 6.57 Å². The molecule has 0 bridgehead atoms. The van der Waals surface area contributed by atoms with E-state index in [9.17, 15) is 4.79 Å². The van der Waals surface area contributed by atoms with Crippen molar-refractivity contribution >= 4 is 5.97 Å². The van der Waals surface area contributed by atoms with Gasteiger partial charge in [-0.1, -0.05) is 30.3 Å². The molecule has 2 aromatic rings. The summed E-state index contributed by atoms with van der Waals surface area (Å²) in [7, 11) is 1.32. The molecule has 0 heterocycles. The minimum absolute atomic E-state index is 0.0597. The predicted octanol–water partition coefficient (Wildman–Crippen LogP) is 3.79. The van der Waals surface area contributed by atoms with Gasteiger partial charge in [0.25, 0.3) is 6.04 Å². The third-order valence-electron chi connectivity index (χ3n) is 3.26. The van der Waals surface area contributed by atoms with Crippen molar-refractivity contribution in [1.82, 2.24) is 0 Å². The fourth-order valence-corrected chi connectivity index (χ4v) is 2.01. The van der Waals surface area contributed by atoms with Crippen LogP contribution in [-0.4, -0.2) is 13.1 Å². The van der Waals surface area contributed by atoms with Crippen molar-refractivity contribution in [3.05, 3.63) is 77.1 Å². The zero-order chi connectivity index (χ0) is 15.8. The molecule has 0 spiro atoms. The van der Waals surface area contributed by atoms with E-state index in [0.717, 1.165) is 16.9 Å². The topological polar surface area (TPSA) is 39.9 Å². The van der Waals surface area contributed by atoms with Gasteiger partial charge in [0, 0.05) is 5.56 Å². The van der Waals surface area contributed by atoms with Crippen molar-refractivity contribution in [2.24, 2.45) is 0 Å². The van der Waals surface area contributed by atoms with Crippen LogP contribution < -0.4 is 4.74 Å². The van der Waals surface area contributed by atoms with Crippen molar-refractivity contribution in [2.45, 2.75) is 19.1 Å². The van der Waals surface area contributed by atoms with Gasteiger partial charge >= 0.3 is 5.97 Å². The fraction of sp³-hybridized carbons (Fsp3) is 0.222. The molecular formula is C18H17NO3. The lowest BCUT2D eigenvalue weighted by Gasteiger charge is -2.08. The summed E-state index contributed by atoms with van der Waals surface area (Å²) < 4.78 is 10.3. The van der Waals surface area contributed by atoms with Crippen molar-refractivity contribution in [1.29, 1.82) is 0 Å². The Morgan fingerprint density at radius 1 is 1.14 bits per heavy atom. The van der Waals surface area contributed by atoms with Gasteiger partial charge in [0.05, 0.1) is 7.11 Å². The molecule has 0 saturated heterocycles. The zero-order valence-electron chi connectivity index (χ0n) is 12.4. The van der Waals surface area contributed by atoms with Gasteiger partial charge in [-0.2, -0.15) is 0 Å². The Labute approximate surface area is 130 Å². The Balaban J connectivity index is 1.97. The van der Waals surface area contributed by atoms with Crippen LogP contribution in [-0.2, 0) is 16.1 Å². The molecule has 0 aliphatic carbocycles. The molecular weight excluding hydrogens is 278 g/mol. The van der Waals surface area contributed by atoms with Gasteiger partial charge < -0.3 is 14.3 Å².